The lowest BCUT2D eigenvalue weighted by atomic mass is 9.89. The van der Waals surface area contributed by atoms with Crippen LogP contribution >= 0.6 is 0 Å². The van der Waals surface area contributed by atoms with Crippen LogP contribution in [0.25, 0.3) is 0 Å². The summed E-state index contributed by atoms with van der Waals surface area (Å²) < 4.78 is 27.0. The van der Waals surface area contributed by atoms with E-state index in [1.165, 1.54) is 0 Å². The van der Waals surface area contributed by atoms with Crippen LogP contribution in [0.3, 0.4) is 0 Å². The summed E-state index contributed by atoms with van der Waals surface area (Å²) in [6, 6.07) is 8.89. The minimum absolute atomic E-state index is 0.0845. The molecule has 1 aromatic rings. The molecule has 2 aliphatic carbocycles. The highest BCUT2D eigenvalue weighted by atomic mass is 32.2. The first-order valence-corrected chi connectivity index (χ1v) is 11.4. The van der Waals surface area contributed by atoms with Crippen LogP contribution in [0.4, 0.5) is 0 Å². The topological polar surface area (TPSA) is 81.1 Å². The number of hydrogen-bond donors (Lipinski definition) is 2. The molecule has 0 aromatic heterocycles. The Labute approximate surface area is 161 Å². The zero-order chi connectivity index (χ0) is 19.2. The van der Waals surface area contributed by atoms with Crippen molar-refractivity contribution in [3.8, 4) is 0 Å². The van der Waals surface area contributed by atoms with E-state index in [1.54, 1.807) is 28.6 Å². The van der Waals surface area contributed by atoms with Crippen LogP contribution in [0.5, 0.6) is 0 Å². The molecule has 27 heavy (non-hydrogen) atoms. The van der Waals surface area contributed by atoms with Gasteiger partial charge in [-0.2, -0.15) is 4.31 Å². The van der Waals surface area contributed by atoms with Crippen molar-refractivity contribution in [1.29, 1.82) is 0 Å². The average molecular weight is 395 g/mol. The molecule has 1 aromatic carbocycles. The monoisotopic (exact) mass is 394 g/mol. The maximum atomic E-state index is 12.8. The summed E-state index contributed by atoms with van der Waals surface area (Å²) in [6.45, 7) is 0.893. The lowest BCUT2D eigenvalue weighted by molar-refractivity contribution is -0.0754. The van der Waals surface area contributed by atoms with Crippen molar-refractivity contribution in [3.63, 3.8) is 0 Å². The first-order valence-electron chi connectivity index (χ1n) is 10.0. The lowest BCUT2D eigenvalue weighted by Crippen LogP contribution is -2.50. The molecule has 1 aliphatic heterocycles. The molecule has 2 N–H and O–H groups in total. The summed E-state index contributed by atoms with van der Waals surface area (Å²) in [5.74, 6) is 0.942. The van der Waals surface area contributed by atoms with Gasteiger partial charge in [-0.05, 0) is 63.1 Å². The molecule has 6 nitrogen and oxygen atoms in total. The zero-order valence-electron chi connectivity index (χ0n) is 15.8. The number of piperidine rings is 1. The number of sulfonamides is 1. The highest BCUT2D eigenvalue weighted by molar-refractivity contribution is 7.89. The maximum Gasteiger partial charge on any atom is 0.243 e. The molecule has 3 aliphatic rings. The summed E-state index contributed by atoms with van der Waals surface area (Å²) in [4.78, 5) is 2.42. The smallest absolute Gasteiger partial charge is 0.243 e. The van der Waals surface area contributed by atoms with Crippen LogP contribution in [-0.4, -0.2) is 66.3 Å². The Morgan fingerprint density at radius 1 is 1.07 bits per heavy atom. The third-order valence-corrected chi connectivity index (χ3v) is 8.94. The van der Waals surface area contributed by atoms with Crippen LogP contribution in [0.1, 0.15) is 32.1 Å². The molecule has 2 bridgehead atoms. The van der Waals surface area contributed by atoms with Gasteiger partial charge in [0.05, 0.1) is 11.0 Å². The van der Waals surface area contributed by atoms with Crippen molar-refractivity contribution in [3.05, 3.63) is 30.3 Å². The number of fused-ring (bicyclic) bond motifs is 2. The second-order valence-corrected chi connectivity index (χ2v) is 10.4. The fourth-order valence-corrected chi connectivity index (χ4v) is 6.89. The summed E-state index contributed by atoms with van der Waals surface area (Å²) in [7, 11) is -1.47. The molecule has 7 heteroatoms. The van der Waals surface area contributed by atoms with Crippen molar-refractivity contribution >= 4 is 10.0 Å². The Morgan fingerprint density at radius 2 is 1.74 bits per heavy atom. The van der Waals surface area contributed by atoms with Gasteiger partial charge in [-0.1, -0.05) is 18.2 Å². The fourth-order valence-electron chi connectivity index (χ4n) is 5.40. The predicted octanol–water partition coefficient (Wildman–Crippen LogP) is 1.50. The summed E-state index contributed by atoms with van der Waals surface area (Å²) in [5, 5.41) is 20.9. The molecule has 5 unspecified atom stereocenters. The quantitative estimate of drug-likeness (QED) is 0.740. The minimum Gasteiger partial charge on any atom is -0.393 e. The number of nitrogens with zero attached hydrogens (tertiary/aromatic N) is 2. The van der Waals surface area contributed by atoms with Crippen LogP contribution in [0.15, 0.2) is 35.2 Å². The second-order valence-electron chi connectivity index (χ2n) is 8.50. The molecule has 0 amide bonds. The molecule has 1 saturated heterocycles. The molecular weight excluding hydrogens is 364 g/mol. The number of aliphatic hydroxyl groups excluding tert-OH is 2. The Balaban J connectivity index is 1.35. The van der Waals surface area contributed by atoms with E-state index in [0.717, 1.165) is 19.3 Å². The molecular formula is C20H30N2O4S. The van der Waals surface area contributed by atoms with E-state index in [-0.39, 0.29) is 12.0 Å². The molecule has 3 fully saturated rings. The van der Waals surface area contributed by atoms with Crippen LogP contribution in [-0.2, 0) is 10.0 Å². The summed E-state index contributed by atoms with van der Waals surface area (Å²) in [5.41, 5.74) is 0. The van der Waals surface area contributed by atoms with E-state index in [9.17, 15) is 18.6 Å². The van der Waals surface area contributed by atoms with Gasteiger partial charge < -0.3 is 10.2 Å². The number of benzene rings is 1. The van der Waals surface area contributed by atoms with Gasteiger partial charge >= 0.3 is 0 Å². The third-order valence-electron chi connectivity index (χ3n) is 7.02. The number of hydrogen-bond acceptors (Lipinski definition) is 5. The van der Waals surface area contributed by atoms with Gasteiger partial charge in [-0.25, -0.2) is 8.42 Å². The van der Waals surface area contributed by atoms with E-state index in [2.05, 4.69) is 4.90 Å². The van der Waals surface area contributed by atoms with Crippen LogP contribution in [0.2, 0.25) is 0 Å². The van der Waals surface area contributed by atoms with Gasteiger partial charge in [0.2, 0.25) is 10.0 Å². The summed E-state index contributed by atoms with van der Waals surface area (Å²) in [6.07, 6.45) is 3.50. The lowest BCUT2D eigenvalue weighted by Gasteiger charge is -2.41. The van der Waals surface area contributed by atoms with E-state index >= 15 is 0 Å². The highest BCUT2D eigenvalue weighted by Gasteiger charge is 2.48. The van der Waals surface area contributed by atoms with Crippen molar-refractivity contribution in [2.24, 2.45) is 17.8 Å². The second kappa shape index (κ2) is 7.44. The van der Waals surface area contributed by atoms with Gasteiger partial charge in [0, 0.05) is 25.0 Å². The van der Waals surface area contributed by atoms with Gasteiger partial charge in [-0.15, -0.1) is 0 Å². The molecule has 4 rings (SSSR count). The predicted molar refractivity (Wildman–Crippen MR) is 102 cm³/mol. The highest BCUT2D eigenvalue weighted by Crippen LogP contribution is 2.47. The van der Waals surface area contributed by atoms with Crippen molar-refractivity contribution in [2.45, 2.75) is 55.4 Å². The molecule has 5 atom stereocenters. The van der Waals surface area contributed by atoms with E-state index in [0.29, 0.717) is 48.7 Å². The van der Waals surface area contributed by atoms with E-state index in [1.807, 2.05) is 13.1 Å². The maximum absolute atomic E-state index is 12.8. The Bertz CT molecular complexity index is 747. The number of aliphatic hydroxyl groups is 2. The normalized spacial score (nSPS) is 33.6. The molecule has 0 spiro atoms. The molecule has 1 heterocycles. The SMILES string of the molecule is CN(C(O)C1CCN(S(=O)(=O)c2ccccc2)CC1)C1CC2CC1CC2O. The van der Waals surface area contributed by atoms with E-state index < -0.39 is 16.3 Å². The van der Waals surface area contributed by atoms with Crippen LogP contribution in [0, 0.1) is 17.8 Å². The molecule has 150 valence electrons. The fraction of sp³-hybridized carbons (Fsp3) is 0.700. The zero-order valence-corrected chi connectivity index (χ0v) is 16.6. The van der Waals surface area contributed by atoms with Crippen molar-refractivity contribution in [1.82, 2.24) is 9.21 Å². The van der Waals surface area contributed by atoms with Crippen molar-refractivity contribution < 1.29 is 18.6 Å². The summed E-state index contributed by atoms with van der Waals surface area (Å²) >= 11 is 0. The van der Waals surface area contributed by atoms with Gasteiger partial charge in [0.15, 0.2) is 0 Å². The largest absolute Gasteiger partial charge is 0.393 e. The minimum atomic E-state index is -3.45. The Hall–Kier alpha value is -0.990. The van der Waals surface area contributed by atoms with Crippen LogP contribution < -0.4 is 0 Å². The third kappa shape index (κ3) is 3.56. The Kier molecular flexibility index (Phi) is 5.33. The average Bonchev–Trinajstić information content (AvgIpc) is 3.27. The van der Waals surface area contributed by atoms with E-state index in [4.69, 9.17) is 0 Å². The molecule has 0 radical (unpaired) electrons. The first-order chi connectivity index (χ1) is 12.9. The van der Waals surface area contributed by atoms with Gasteiger partial charge in [0.1, 0.15) is 6.23 Å². The first kappa shape index (κ1) is 19.3. The number of rotatable bonds is 5. The van der Waals surface area contributed by atoms with Gasteiger partial charge in [-0.3, -0.25) is 4.90 Å². The molecule has 2 saturated carbocycles. The van der Waals surface area contributed by atoms with Gasteiger partial charge in [0.25, 0.3) is 0 Å². The van der Waals surface area contributed by atoms with Crippen molar-refractivity contribution in [2.75, 3.05) is 20.1 Å². The standard InChI is InChI=1S/C20H30N2O4S/c1-21(18-12-16-11-15(18)13-19(16)23)20(24)14-7-9-22(10-8-14)27(25,26)17-5-3-2-4-6-17/h2-6,14-16,18-20,23-24H,7-13H2,1H3. The Morgan fingerprint density at radius 3 is 2.30 bits per heavy atom.